The van der Waals surface area contributed by atoms with Crippen LogP contribution in [0.5, 0.6) is 5.88 Å². The van der Waals surface area contributed by atoms with Gasteiger partial charge in [-0.2, -0.15) is 5.10 Å². The van der Waals surface area contributed by atoms with Crippen LogP contribution in [0.3, 0.4) is 0 Å². The van der Waals surface area contributed by atoms with E-state index in [-0.39, 0.29) is 35.0 Å². The van der Waals surface area contributed by atoms with Crippen LogP contribution in [-0.2, 0) is 27.6 Å². The van der Waals surface area contributed by atoms with E-state index in [1.54, 1.807) is 0 Å². The molecule has 0 N–H and O–H groups in total. The number of benzene rings is 1. The average Bonchev–Trinajstić information content (AvgIpc) is 3.06. The molecule has 0 amide bonds. The number of hydrogen-bond donors (Lipinski definition) is 0. The number of ether oxygens (including phenoxy) is 1. The van der Waals surface area contributed by atoms with Crippen LogP contribution in [0.25, 0.3) is 0 Å². The zero-order chi connectivity index (χ0) is 22.2. The molecule has 1 aromatic heterocycles. The molecule has 0 saturated heterocycles. The fourth-order valence-corrected chi connectivity index (χ4v) is 4.98. The maximum absolute atomic E-state index is 14.1. The van der Waals surface area contributed by atoms with Gasteiger partial charge in [0, 0.05) is 18.4 Å². The highest BCUT2D eigenvalue weighted by Crippen LogP contribution is 2.30. The summed E-state index contributed by atoms with van der Waals surface area (Å²) in [5.41, 5.74) is 2.21. The van der Waals surface area contributed by atoms with Crippen molar-refractivity contribution in [3.05, 3.63) is 40.7 Å². The first-order chi connectivity index (χ1) is 14.0. The Hall–Kier alpha value is -2.22. The predicted octanol–water partition coefficient (Wildman–Crippen LogP) is 3.88. The van der Waals surface area contributed by atoms with Crippen molar-refractivity contribution in [1.82, 2.24) is 9.78 Å². The quantitative estimate of drug-likeness (QED) is 0.658. The molecule has 0 fully saturated rings. The van der Waals surface area contributed by atoms with E-state index in [1.165, 1.54) is 22.9 Å². The first-order valence-corrected chi connectivity index (χ1v) is 11.9. The Bertz CT molecular complexity index is 1030. The third-order valence-corrected chi connectivity index (χ3v) is 6.83. The number of halogens is 1. The minimum atomic E-state index is -3.90. The molecule has 0 spiro atoms. The molecule has 0 radical (unpaired) electrons. The molecule has 1 aliphatic rings. The molecule has 1 aromatic carbocycles. The molecule has 2 aromatic rings. The summed E-state index contributed by atoms with van der Waals surface area (Å²) in [5, 5.41) is 3.99. The van der Waals surface area contributed by atoms with Crippen molar-refractivity contribution in [2.24, 2.45) is 5.92 Å². The van der Waals surface area contributed by atoms with Crippen LogP contribution in [0.4, 0.5) is 4.39 Å². The van der Waals surface area contributed by atoms with E-state index >= 15 is 0 Å². The predicted molar refractivity (Wildman–Crippen MR) is 112 cm³/mol. The van der Waals surface area contributed by atoms with Gasteiger partial charge in [0.05, 0.1) is 13.2 Å². The number of ketones is 1. The van der Waals surface area contributed by atoms with Gasteiger partial charge in [0.1, 0.15) is 11.6 Å². The number of sulfone groups is 1. The lowest BCUT2D eigenvalue weighted by molar-refractivity contribution is -0.116. The molecular formula is C22H29FN2O4S. The summed E-state index contributed by atoms with van der Waals surface area (Å²) in [6, 6.07) is 4.26. The van der Waals surface area contributed by atoms with Crippen LogP contribution < -0.4 is 4.74 Å². The number of nitrogens with zero attached hydrogens (tertiary/aromatic N) is 2. The van der Waals surface area contributed by atoms with Crippen molar-refractivity contribution in [3.8, 4) is 5.88 Å². The van der Waals surface area contributed by atoms with E-state index < -0.39 is 21.4 Å². The zero-order valence-electron chi connectivity index (χ0n) is 18.1. The number of fused-ring (bicyclic) bond motifs is 1. The van der Waals surface area contributed by atoms with Gasteiger partial charge in [0.2, 0.25) is 15.7 Å². The summed E-state index contributed by atoms with van der Waals surface area (Å²) < 4.78 is 46.8. The maximum atomic E-state index is 14.1. The van der Waals surface area contributed by atoms with Crippen molar-refractivity contribution in [2.75, 3.05) is 12.4 Å². The van der Waals surface area contributed by atoms with Crippen molar-refractivity contribution >= 4 is 15.6 Å². The number of carbonyl (C=O) groups is 1. The van der Waals surface area contributed by atoms with Crippen molar-refractivity contribution < 1.29 is 22.3 Å². The molecule has 1 aliphatic heterocycles. The highest BCUT2D eigenvalue weighted by Gasteiger charge is 2.28. The Morgan fingerprint density at radius 3 is 2.37 bits per heavy atom. The molecule has 8 heteroatoms. The van der Waals surface area contributed by atoms with Gasteiger partial charge in [-0.3, -0.25) is 4.79 Å². The molecule has 30 heavy (non-hydrogen) atoms. The Morgan fingerprint density at radius 1 is 1.20 bits per heavy atom. The lowest BCUT2D eigenvalue weighted by atomic mass is 9.86. The van der Waals surface area contributed by atoms with Gasteiger partial charge in [-0.1, -0.05) is 34.6 Å². The SMILES string of the molecule is CC1COc2cc(S(=O)(=O)CC(=O)Cc3c(C(C)C)cc(F)cc3C(C)C)nn2C1. The third kappa shape index (κ3) is 4.74. The van der Waals surface area contributed by atoms with Crippen molar-refractivity contribution in [2.45, 2.75) is 64.4 Å². The average molecular weight is 437 g/mol. The van der Waals surface area contributed by atoms with Crippen LogP contribution in [-0.4, -0.2) is 36.3 Å². The van der Waals surface area contributed by atoms with Crippen LogP contribution in [0, 0.1) is 11.7 Å². The van der Waals surface area contributed by atoms with E-state index in [1.807, 2.05) is 34.6 Å². The Morgan fingerprint density at radius 2 is 1.80 bits per heavy atom. The first kappa shape index (κ1) is 22.5. The Balaban J connectivity index is 1.85. The summed E-state index contributed by atoms with van der Waals surface area (Å²) in [7, 11) is -3.90. The van der Waals surface area contributed by atoms with Gasteiger partial charge in [0.25, 0.3) is 0 Å². The number of carbonyl (C=O) groups excluding carboxylic acids is 1. The second kappa shape index (κ2) is 8.49. The summed E-state index contributed by atoms with van der Waals surface area (Å²) in [5.74, 6) is -0.771. The topological polar surface area (TPSA) is 78.3 Å². The molecule has 1 atom stereocenters. The van der Waals surface area contributed by atoms with Crippen LogP contribution in [0.1, 0.15) is 63.1 Å². The summed E-state index contributed by atoms with van der Waals surface area (Å²) in [6.45, 7) is 10.8. The molecule has 6 nitrogen and oxygen atoms in total. The van der Waals surface area contributed by atoms with Gasteiger partial charge in [-0.05, 0) is 40.7 Å². The van der Waals surface area contributed by atoms with Crippen LogP contribution in [0.15, 0.2) is 23.2 Å². The number of hydrogen-bond acceptors (Lipinski definition) is 5. The lowest BCUT2D eigenvalue weighted by Gasteiger charge is -2.20. The van der Waals surface area contributed by atoms with E-state index in [9.17, 15) is 17.6 Å². The summed E-state index contributed by atoms with van der Waals surface area (Å²) >= 11 is 0. The number of Topliss-reactive ketones (excluding diaryl/α,β-unsaturated/α-hetero) is 1. The summed E-state index contributed by atoms with van der Waals surface area (Å²) in [4.78, 5) is 12.8. The molecular weight excluding hydrogens is 407 g/mol. The smallest absolute Gasteiger partial charge is 0.213 e. The van der Waals surface area contributed by atoms with E-state index in [0.29, 0.717) is 19.0 Å². The van der Waals surface area contributed by atoms with Gasteiger partial charge in [-0.15, -0.1) is 0 Å². The molecule has 0 saturated carbocycles. The van der Waals surface area contributed by atoms with Gasteiger partial charge < -0.3 is 4.74 Å². The highest BCUT2D eigenvalue weighted by molar-refractivity contribution is 7.92. The normalized spacial score (nSPS) is 16.6. The second-order valence-corrected chi connectivity index (χ2v) is 10.7. The van der Waals surface area contributed by atoms with Gasteiger partial charge in [-0.25, -0.2) is 17.5 Å². The van der Waals surface area contributed by atoms with E-state index in [0.717, 1.165) is 16.7 Å². The maximum Gasteiger partial charge on any atom is 0.213 e. The van der Waals surface area contributed by atoms with Gasteiger partial charge in [0.15, 0.2) is 10.8 Å². The number of rotatable bonds is 7. The molecule has 1 unspecified atom stereocenters. The van der Waals surface area contributed by atoms with Crippen LogP contribution in [0.2, 0.25) is 0 Å². The zero-order valence-corrected chi connectivity index (χ0v) is 18.9. The Kier molecular flexibility index (Phi) is 6.36. The molecule has 0 bridgehead atoms. The fourth-order valence-electron chi connectivity index (χ4n) is 3.80. The minimum Gasteiger partial charge on any atom is -0.477 e. The third-order valence-electron chi connectivity index (χ3n) is 5.29. The fraction of sp³-hybridized carbons (Fsp3) is 0.545. The number of aromatic nitrogens is 2. The van der Waals surface area contributed by atoms with Crippen molar-refractivity contribution in [3.63, 3.8) is 0 Å². The Labute approximate surface area is 177 Å². The monoisotopic (exact) mass is 436 g/mol. The first-order valence-electron chi connectivity index (χ1n) is 10.2. The molecule has 0 aliphatic carbocycles. The van der Waals surface area contributed by atoms with E-state index in [2.05, 4.69) is 5.10 Å². The minimum absolute atomic E-state index is 0.0108. The molecule has 3 rings (SSSR count). The van der Waals surface area contributed by atoms with Crippen molar-refractivity contribution in [1.29, 1.82) is 0 Å². The molecule has 2 heterocycles. The standard InChI is InChI=1S/C22H29FN2O4S/c1-13(2)18-6-16(23)7-19(14(3)4)20(18)8-17(26)12-30(27,28)21-9-22-25(24-21)10-15(5)11-29-22/h6-7,9,13-15H,8,10-12H2,1-5H3. The largest absolute Gasteiger partial charge is 0.477 e. The highest BCUT2D eigenvalue weighted by atomic mass is 32.2. The molecule has 164 valence electrons. The van der Waals surface area contributed by atoms with E-state index in [4.69, 9.17) is 4.74 Å². The van der Waals surface area contributed by atoms with Crippen LogP contribution >= 0.6 is 0 Å². The summed E-state index contributed by atoms with van der Waals surface area (Å²) in [6.07, 6.45) is -0.0539. The lowest BCUT2D eigenvalue weighted by Crippen LogP contribution is -2.23. The van der Waals surface area contributed by atoms with Gasteiger partial charge >= 0.3 is 0 Å². The second-order valence-electron chi connectivity index (χ2n) is 8.77.